The average Bonchev–Trinajstić information content (AvgIpc) is 3.80. The summed E-state index contributed by atoms with van der Waals surface area (Å²) >= 11 is 23.5. The zero-order valence-electron chi connectivity index (χ0n) is 34.4. The Hall–Kier alpha value is -1.15. The molecule has 0 bridgehead atoms. The molecule has 0 amide bonds. The van der Waals surface area contributed by atoms with Crippen molar-refractivity contribution in [3.05, 3.63) is 141 Å². The Morgan fingerprint density at radius 3 is 1.86 bits per heavy atom. The van der Waals surface area contributed by atoms with Crippen LogP contribution >= 0.6 is 71.2 Å². The molecule has 3 aromatic carbocycles. The molecule has 3 atom stereocenters. The first-order valence-electron chi connectivity index (χ1n) is 19.7. The summed E-state index contributed by atoms with van der Waals surface area (Å²) in [5, 5.41) is 2.62. The van der Waals surface area contributed by atoms with E-state index < -0.39 is 21.4 Å². The zero-order chi connectivity index (χ0) is 39.2. The van der Waals surface area contributed by atoms with Gasteiger partial charge in [0.25, 0.3) is 0 Å². The van der Waals surface area contributed by atoms with Crippen LogP contribution in [-0.4, -0.2) is 4.21 Å². The second-order valence-electron chi connectivity index (χ2n) is 19.2. The maximum absolute atomic E-state index is 7.35. The fourth-order valence-corrected chi connectivity index (χ4v) is 38.1. The molecule has 3 aromatic rings. The molecule has 0 N–H and O–H groups in total. The van der Waals surface area contributed by atoms with Crippen molar-refractivity contribution in [2.24, 2.45) is 27.6 Å². The average molecular weight is 949 g/mol. The molecule has 56 heavy (non-hydrogen) atoms. The van der Waals surface area contributed by atoms with Crippen molar-refractivity contribution in [1.82, 2.24) is 0 Å². The number of fused-ring (bicyclic) bond motifs is 6. The van der Waals surface area contributed by atoms with Gasteiger partial charge in [-0.15, -0.1) is 24.8 Å². The van der Waals surface area contributed by atoms with Gasteiger partial charge in [-0.05, 0) is 0 Å². The summed E-state index contributed by atoms with van der Waals surface area (Å²) in [4.78, 5) is 0. The van der Waals surface area contributed by atoms with Gasteiger partial charge >= 0.3 is 348 Å². The van der Waals surface area contributed by atoms with Crippen LogP contribution in [0.5, 0.6) is 0 Å². The molecule has 0 aromatic heterocycles. The molecule has 7 heteroatoms. The molecule has 0 heterocycles. The van der Waals surface area contributed by atoms with Gasteiger partial charge < -0.3 is 0 Å². The molecular weight excluding hydrogens is 892 g/mol. The molecule has 0 spiro atoms. The molecule has 3 unspecified atom stereocenters. The van der Waals surface area contributed by atoms with Crippen molar-refractivity contribution in [2.45, 2.75) is 98.0 Å². The fourth-order valence-electron chi connectivity index (χ4n) is 13.5. The molecule has 0 saturated heterocycles. The molecule has 0 aliphatic heterocycles. The van der Waals surface area contributed by atoms with Gasteiger partial charge in [-0.2, -0.15) is 0 Å². The number of rotatable bonds is 4. The summed E-state index contributed by atoms with van der Waals surface area (Å²) in [6.07, 6.45) is 15.8. The number of hydrogen-bond acceptors (Lipinski definition) is 0. The minimum absolute atomic E-state index is 0. The summed E-state index contributed by atoms with van der Waals surface area (Å²) in [5.74, 6) is 0.323. The molecule has 8 rings (SSSR count). The Balaban J connectivity index is 0.00000266. The molecule has 1 saturated carbocycles. The van der Waals surface area contributed by atoms with Crippen LogP contribution < -0.4 is 6.54 Å². The molecule has 5 aliphatic carbocycles. The molecule has 0 radical (unpaired) electrons. The number of allylic oxidation sites excluding steroid dienone is 10. The molecular formula is C49H56Cl6Zr. The Kier molecular flexibility index (Phi) is 11.1. The van der Waals surface area contributed by atoms with Crippen LogP contribution in [0.3, 0.4) is 0 Å². The first-order valence-corrected chi connectivity index (χ1v) is 27.9. The van der Waals surface area contributed by atoms with Crippen molar-refractivity contribution in [1.29, 1.82) is 0 Å². The van der Waals surface area contributed by atoms with Crippen molar-refractivity contribution in [3.63, 3.8) is 0 Å². The summed E-state index contributed by atoms with van der Waals surface area (Å²) in [5.41, 5.74) is 10.1. The summed E-state index contributed by atoms with van der Waals surface area (Å²) in [6, 6.07) is 17.5. The van der Waals surface area contributed by atoms with Crippen LogP contribution in [0, 0.1) is 41.4 Å². The topological polar surface area (TPSA) is 0 Å². The van der Waals surface area contributed by atoms with E-state index in [9.17, 15) is 0 Å². The van der Waals surface area contributed by atoms with Crippen LogP contribution in [0.1, 0.15) is 96.9 Å². The zero-order valence-corrected chi connectivity index (χ0v) is 41.6. The van der Waals surface area contributed by atoms with E-state index in [-0.39, 0.29) is 46.5 Å². The molecule has 5 aliphatic rings. The third kappa shape index (κ3) is 4.93. The Morgan fingerprint density at radius 2 is 1.30 bits per heavy atom. The second kappa shape index (κ2) is 13.9. The number of halogens is 6. The van der Waals surface area contributed by atoms with Crippen LogP contribution in [-0.2, 0) is 24.7 Å². The molecule has 298 valence electrons. The Morgan fingerprint density at radius 1 is 0.732 bits per heavy atom. The quantitative estimate of drug-likeness (QED) is 0.244. The van der Waals surface area contributed by atoms with E-state index in [1.807, 2.05) is 12.1 Å². The van der Waals surface area contributed by atoms with Gasteiger partial charge in [-0.3, -0.25) is 0 Å². The second-order valence-corrected chi connectivity index (χ2v) is 34.7. The van der Waals surface area contributed by atoms with Crippen molar-refractivity contribution < 1.29 is 18.3 Å². The van der Waals surface area contributed by atoms with E-state index in [1.54, 1.807) is 5.57 Å². The van der Waals surface area contributed by atoms with Gasteiger partial charge in [0.15, 0.2) is 0 Å². The monoisotopic (exact) mass is 944 g/mol. The van der Waals surface area contributed by atoms with E-state index in [2.05, 4.69) is 136 Å². The third-order valence-electron chi connectivity index (χ3n) is 17.6. The number of benzene rings is 3. The van der Waals surface area contributed by atoms with E-state index in [0.717, 1.165) is 36.8 Å². The SMILES string of the molecule is Cl.Cl.[CH2]=[Zr]([C]1=CC=CC1)([c]1cc(Cl)cc(Cl)c1C)([c]1cc(Cl)cc(Cl)c1C)[C]1(C)C2=C3Cc4ccccc4C3=C3C=CCCC3C2(C)C(C)(C)C(C)(C)C1(C)C. The predicted octanol–water partition coefficient (Wildman–Crippen LogP) is 15.2. The van der Waals surface area contributed by atoms with Gasteiger partial charge in [0.1, 0.15) is 0 Å². The molecule has 0 nitrogen and oxygen atoms in total. The van der Waals surface area contributed by atoms with Crippen LogP contribution in [0.4, 0.5) is 0 Å². The van der Waals surface area contributed by atoms with Gasteiger partial charge in [0, 0.05) is 0 Å². The van der Waals surface area contributed by atoms with Gasteiger partial charge in [0.05, 0.1) is 0 Å². The van der Waals surface area contributed by atoms with Gasteiger partial charge in [-0.25, -0.2) is 0 Å². The summed E-state index contributed by atoms with van der Waals surface area (Å²) in [7, 11) is 0. The van der Waals surface area contributed by atoms with Crippen LogP contribution in [0.15, 0.2) is 98.9 Å². The standard InChI is InChI=1S/C29H37.2C7H5Cl2.C5H5.CH2.2ClH.Zr/c1-18-25-22-17-19-13-9-10-14-20(19)24(22)21-15-11-12-16-23(21)29(25,8)28(6,7)27(4,5)26(18,2)3;2*1-5-2-3-6(8)4-7(5)9;1-2-4-5-3-1;;;;/h9-11,13-15,23H,12,16-17H2,1-8H3;2*3-4H,1H3;1-3H,4H2;1H2;2*1H;. The first kappa shape index (κ1) is 44.4. The maximum atomic E-state index is 7.35. The van der Waals surface area contributed by atoms with Crippen molar-refractivity contribution in [2.75, 3.05) is 0 Å². The number of hydrogen-bond donors (Lipinski definition) is 0. The van der Waals surface area contributed by atoms with Crippen LogP contribution in [0.2, 0.25) is 23.2 Å². The van der Waals surface area contributed by atoms with Gasteiger partial charge in [0.2, 0.25) is 0 Å². The third-order valence-corrected chi connectivity index (χ3v) is 39.2. The minimum atomic E-state index is -5.72. The normalized spacial score (nSPS) is 26.8. The van der Waals surface area contributed by atoms with E-state index in [4.69, 9.17) is 50.6 Å². The van der Waals surface area contributed by atoms with E-state index in [1.165, 1.54) is 37.7 Å². The Bertz CT molecular complexity index is 2370. The Labute approximate surface area is 369 Å². The molecule has 1 fully saturated rings. The van der Waals surface area contributed by atoms with Crippen LogP contribution in [0.25, 0.3) is 5.57 Å². The van der Waals surface area contributed by atoms with Crippen molar-refractivity contribution >= 4 is 87.5 Å². The predicted molar refractivity (Wildman–Crippen MR) is 249 cm³/mol. The van der Waals surface area contributed by atoms with E-state index >= 15 is 0 Å². The van der Waals surface area contributed by atoms with Crippen molar-refractivity contribution in [3.8, 4) is 0 Å². The van der Waals surface area contributed by atoms with E-state index in [0.29, 0.717) is 26.0 Å². The fraction of sp³-hybridized carbons (Fsp3) is 0.408. The summed E-state index contributed by atoms with van der Waals surface area (Å²) in [6.45, 7) is 25.2. The first-order chi connectivity index (χ1) is 25.1. The summed E-state index contributed by atoms with van der Waals surface area (Å²) < 4.78 is 9.39. The van der Waals surface area contributed by atoms with Gasteiger partial charge in [-0.1, -0.05) is 0 Å².